The Balaban J connectivity index is 1.12. The number of furan rings is 1. The van der Waals surface area contributed by atoms with Gasteiger partial charge in [0.05, 0.1) is 5.41 Å². The number of para-hydroxylation sites is 1. The Labute approximate surface area is 349 Å². The monoisotopic (exact) mass is 787 g/mol. The van der Waals surface area contributed by atoms with E-state index in [-0.39, 0.29) is 0 Å². The highest BCUT2D eigenvalue weighted by molar-refractivity contribution is 7.99. The lowest BCUT2D eigenvalue weighted by Crippen LogP contribution is -2.62. The predicted molar refractivity (Wildman–Crippen MR) is 249 cm³/mol. The fourth-order valence-electron chi connectivity index (χ4n) is 9.98. The summed E-state index contributed by atoms with van der Waals surface area (Å²) in [7, 11) is -1.92. The van der Waals surface area contributed by atoms with Gasteiger partial charge in [0.1, 0.15) is 20.0 Å². The Hall–Kier alpha value is -6.85. The number of nitrogens with zero attached hydrogens (tertiary/aromatic N) is 1. The molecule has 278 valence electrons. The molecule has 9 aromatic carbocycles. The highest BCUT2D eigenvalue weighted by atomic mass is 32.2. The van der Waals surface area contributed by atoms with Crippen LogP contribution in [0.15, 0.2) is 233 Å². The molecule has 1 unspecified atom stereocenters. The van der Waals surface area contributed by atoms with Crippen molar-refractivity contribution in [3.63, 3.8) is 0 Å². The third kappa shape index (κ3) is 5.27. The number of fused-ring (bicyclic) bond motifs is 11. The molecule has 1 aromatic heterocycles. The highest BCUT2D eigenvalue weighted by Gasteiger charge is 2.51. The van der Waals surface area contributed by atoms with Crippen molar-refractivity contribution in [2.45, 2.75) is 15.2 Å². The minimum Gasteiger partial charge on any atom is -0.456 e. The highest BCUT2D eigenvalue weighted by Crippen LogP contribution is 2.56. The maximum Gasteiger partial charge on any atom is 0.137 e. The molecule has 1 spiro atoms. The molecule has 2 aliphatic rings. The Bertz CT molecular complexity index is 3170. The van der Waals surface area contributed by atoms with Crippen molar-refractivity contribution in [3.8, 4) is 11.1 Å². The average molecular weight is 788 g/mol. The van der Waals surface area contributed by atoms with Gasteiger partial charge in [0, 0.05) is 43.7 Å². The van der Waals surface area contributed by atoms with Gasteiger partial charge < -0.3 is 9.32 Å². The summed E-state index contributed by atoms with van der Waals surface area (Å²) >= 11 is 1.89. The molecule has 12 rings (SSSR count). The topological polar surface area (TPSA) is 16.4 Å². The third-order valence-corrected chi connectivity index (χ3v) is 16.9. The third-order valence-electron chi connectivity index (χ3n) is 12.5. The maximum atomic E-state index is 6.71. The SMILES string of the molecule is c1ccc(-c2ccc3c(c2)oc2cc(N(c4ccccc4)c4ccc5c(c4)C4(c6ccccc6Sc6ccccc64)c4ccccc4[SiH]5c4ccccc4)ccc23)cc1. The summed E-state index contributed by atoms with van der Waals surface area (Å²) in [5.74, 6) is 0. The first kappa shape index (κ1) is 34.2. The van der Waals surface area contributed by atoms with Crippen molar-refractivity contribution < 1.29 is 4.42 Å². The van der Waals surface area contributed by atoms with Crippen molar-refractivity contribution in [3.05, 3.63) is 241 Å². The van der Waals surface area contributed by atoms with Crippen molar-refractivity contribution in [1.29, 1.82) is 0 Å². The first-order valence-corrected chi connectivity index (χ1v) is 22.8. The molecule has 0 fully saturated rings. The van der Waals surface area contributed by atoms with E-state index in [0.717, 1.165) is 44.6 Å². The van der Waals surface area contributed by atoms with Crippen LogP contribution in [0.4, 0.5) is 17.1 Å². The van der Waals surface area contributed by atoms with Gasteiger partial charge >= 0.3 is 0 Å². The fraction of sp³-hybridized carbons (Fsp3) is 0.0182. The van der Waals surface area contributed by atoms with Gasteiger partial charge in [-0.3, -0.25) is 0 Å². The number of benzene rings is 9. The zero-order valence-electron chi connectivity index (χ0n) is 32.1. The van der Waals surface area contributed by atoms with E-state index in [1.165, 1.54) is 53.2 Å². The van der Waals surface area contributed by atoms with Crippen LogP contribution in [0.2, 0.25) is 0 Å². The Kier molecular flexibility index (Phi) is 7.90. The van der Waals surface area contributed by atoms with E-state index >= 15 is 0 Å². The lowest BCUT2D eigenvalue weighted by atomic mass is 9.64. The fourth-order valence-corrected chi connectivity index (χ4v) is 14.7. The maximum absolute atomic E-state index is 6.71. The van der Waals surface area contributed by atoms with Crippen LogP contribution in [0.3, 0.4) is 0 Å². The van der Waals surface area contributed by atoms with Crippen molar-refractivity contribution in [2.24, 2.45) is 0 Å². The van der Waals surface area contributed by atoms with E-state index in [9.17, 15) is 0 Å². The molecule has 0 radical (unpaired) electrons. The second kappa shape index (κ2) is 13.6. The smallest absolute Gasteiger partial charge is 0.137 e. The first-order chi connectivity index (χ1) is 29.3. The van der Waals surface area contributed by atoms with Gasteiger partial charge in [0.2, 0.25) is 0 Å². The molecule has 2 nitrogen and oxygen atoms in total. The Morgan fingerprint density at radius 3 is 1.66 bits per heavy atom. The van der Waals surface area contributed by atoms with E-state index in [1.54, 1.807) is 0 Å². The molecule has 10 aromatic rings. The first-order valence-electron chi connectivity index (χ1n) is 20.3. The van der Waals surface area contributed by atoms with Gasteiger partial charge in [0.15, 0.2) is 0 Å². The van der Waals surface area contributed by atoms with Crippen LogP contribution in [0.1, 0.15) is 22.3 Å². The molecule has 0 amide bonds. The normalized spacial score (nSPS) is 14.7. The molecular weight excluding hydrogens is 751 g/mol. The number of anilines is 3. The summed E-state index contributed by atoms with van der Waals surface area (Å²) in [5, 5.41) is 6.62. The van der Waals surface area contributed by atoms with Crippen molar-refractivity contribution in [1.82, 2.24) is 0 Å². The van der Waals surface area contributed by atoms with Crippen LogP contribution < -0.4 is 20.5 Å². The molecule has 3 heterocycles. The minimum atomic E-state index is -1.92. The van der Waals surface area contributed by atoms with Crippen LogP contribution in [0.25, 0.3) is 33.1 Å². The zero-order valence-corrected chi connectivity index (χ0v) is 34.1. The van der Waals surface area contributed by atoms with Gasteiger partial charge in [-0.25, -0.2) is 0 Å². The van der Waals surface area contributed by atoms with Crippen LogP contribution in [0, 0.1) is 0 Å². The van der Waals surface area contributed by atoms with Gasteiger partial charge in [-0.15, -0.1) is 0 Å². The molecule has 1 atom stereocenters. The van der Waals surface area contributed by atoms with E-state index in [1.807, 2.05) is 11.8 Å². The zero-order chi connectivity index (χ0) is 38.9. The average Bonchev–Trinajstić information content (AvgIpc) is 3.67. The second-order valence-electron chi connectivity index (χ2n) is 15.6. The van der Waals surface area contributed by atoms with Gasteiger partial charge in [-0.1, -0.05) is 169 Å². The summed E-state index contributed by atoms with van der Waals surface area (Å²) in [6.45, 7) is 0. The second-order valence-corrected chi connectivity index (χ2v) is 19.4. The van der Waals surface area contributed by atoms with E-state index < -0.39 is 14.2 Å². The molecule has 4 heteroatoms. The van der Waals surface area contributed by atoms with Crippen molar-refractivity contribution in [2.75, 3.05) is 4.90 Å². The van der Waals surface area contributed by atoms with E-state index in [0.29, 0.717) is 0 Å². The van der Waals surface area contributed by atoms with E-state index in [4.69, 9.17) is 4.42 Å². The van der Waals surface area contributed by atoms with Crippen molar-refractivity contribution >= 4 is 75.1 Å². The summed E-state index contributed by atoms with van der Waals surface area (Å²) < 4.78 is 6.71. The largest absolute Gasteiger partial charge is 0.456 e. The van der Waals surface area contributed by atoms with Gasteiger partial charge in [0.25, 0.3) is 0 Å². The van der Waals surface area contributed by atoms with Crippen LogP contribution in [0.5, 0.6) is 0 Å². The minimum absolute atomic E-state index is 0.514. The van der Waals surface area contributed by atoms with Gasteiger partial charge in [-0.2, -0.15) is 0 Å². The van der Waals surface area contributed by atoms with Crippen LogP contribution >= 0.6 is 11.8 Å². The predicted octanol–water partition coefficient (Wildman–Crippen LogP) is 12.1. The lowest BCUT2D eigenvalue weighted by Gasteiger charge is -2.48. The van der Waals surface area contributed by atoms with Crippen LogP contribution in [-0.2, 0) is 5.41 Å². The summed E-state index contributed by atoms with van der Waals surface area (Å²) in [4.78, 5) is 5.02. The van der Waals surface area contributed by atoms with Gasteiger partial charge in [-0.05, 0) is 104 Å². The molecule has 0 bridgehead atoms. The molecule has 2 aliphatic heterocycles. The summed E-state index contributed by atoms with van der Waals surface area (Å²) in [6, 6.07) is 80.7. The molecule has 0 saturated heterocycles. The Morgan fingerprint density at radius 2 is 0.932 bits per heavy atom. The lowest BCUT2D eigenvalue weighted by molar-refractivity contribution is 0.669. The summed E-state index contributed by atoms with van der Waals surface area (Å²) in [6.07, 6.45) is 0. The van der Waals surface area contributed by atoms with Crippen LogP contribution in [-0.4, -0.2) is 8.80 Å². The molecule has 0 aliphatic carbocycles. The molecule has 0 N–H and O–H groups in total. The number of rotatable bonds is 5. The molecule has 0 saturated carbocycles. The number of hydrogen-bond acceptors (Lipinski definition) is 3. The van der Waals surface area contributed by atoms with E-state index in [2.05, 4.69) is 223 Å². The molecular formula is C55H37NOSSi. The Morgan fingerprint density at radius 1 is 0.390 bits per heavy atom. The summed E-state index contributed by atoms with van der Waals surface area (Å²) in [5.41, 5.74) is 12.3. The molecule has 59 heavy (non-hydrogen) atoms. The number of hydrogen-bond donors (Lipinski definition) is 0. The standard InChI is InChI=1S/C55H37NOSSi/c1-4-16-37(17-5-1)38-28-31-43-44-32-29-41(36-50(44)57-49(43)34-38)56(39-18-6-2-7-19-39)40-30-33-54-48(35-40)55(45-22-10-13-25-51(45)58-52-26-14-11-23-46(52)55)47-24-12-15-27-53(47)59(54)42-20-8-3-9-21-42/h1-36,59H. The quantitative estimate of drug-likeness (QED) is 0.162.